The van der Waals surface area contributed by atoms with Crippen LogP contribution in [0.1, 0.15) is 36.5 Å². The Labute approximate surface area is 124 Å². The van der Waals surface area contributed by atoms with Crippen LogP contribution in [-0.2, 0) is 19.6 Å². The van der Waals surface area contributed by atoms with Gasteiger partial charge in [0.15, 0.2) is 5.78 Å². The van der Waals surface area contributed by atoms with Gasteiger partial charge in [-0.1, -0.05) is 19.1 Å². The fraction of sp³-hybridized carbons (Fsp3) is 0.429. The van der Waals surface area contributed by atoms with E-state index in [-0.39, 0.29) is 29.6 Å². The number of nitrogens with one attached hydrogen (secondary N) is 1. The number of Topliss-reactive ketones (excluding diaryl/α,β-unsaturated/α-hetero) is 1. The van der Waals surface area contributed by atoms with Crippen LogP contribution >= 0.6 is 0 Å². The Morgan fingerprint density at radius 1 is 1.29 bits per heavy atom. The molecule has 0 atom stereocenters. The largest absolute Gasteiger partial charge is 0.469 e. The number of esters is 1. The molecule has 1 aromatic carbocycles. The molecule has 7 heteroatoms. The second-order valence-electron chi connectivity index (χ2n) is 4.38. The summed E-state index contributed by atoms with van der Waals surface area (Å²) < 4.78 is 31.0. The minimum absolute atomic E-state index is 0.0415. The van der Waals surface area contributed by atoms with E-state index in [1.165, 1.54) is 25.3 Å². The van der Waals surface area contributed by atoms with Crippen LogP contribution in [0.4, 0.5) is 0 Å². The number of ether oxygens (including phenoxy) is 1. The second-order valence-corrected chi connectivity index (χ2v) is 6.15. The van der Waals surface area contributed by atoms with Gasteiger partial charge < -0.3 is 4.74 Å². The Bertz CT molecular complexity index is 610. The van der Waals surface area contributed by atoms with Gasteiger partial charge in [-0.2, -0.15) is 0 Å². The Morgan fingerprint density at radius 3 is 2.62 bits per heavy atom. The molecule has 0 bridgehead atoms. The minimum Gasteiger partial charge on any atom is -0.469 e. The van der Waals surface area contributed by atoms with Gasteiger partial charge in [0, 0.05) is 24.9 Å². The van der Waals surface area contributed by atoms with Crippen molar-refractivity contribution in [1.29, 1.82) is 0 Å². The number of hydrogen-bond donors (Lipinski definition) is 1. The maximum absolute atomic E-state index is 12.1. The van der Waals surface area contributed by atoms with Gasteiger partial charge in [-0.05, 0) is 18.6 Å². The second kappa shape index (κ2) is 7.90. The predicted molar refractivity (Wildman–Crippen MR) is 77.5 cm³/mol. The van der Waals surface area contributed by atoms with Crippen molar-refractivity contribution in [2.75, 3.05) is 13.7 Å². The van der Waals surface area contributed by atoms with E-state index in [0.29, 0.717) is 18.4 Å². The van der Waals surface area contributed by atoms with Crippen molar-refractivity contribution in [1.82, 2.24) is 4.72 Å². The molecule has 1 N–H and O–H groups in total. The summed E-state index contributed by atoms with van der Waals surface area (Å²) in [6.07, 6.45) is 0.808. The quantitative estimate of drug-likeness (QED) is 0.446. The highest BCUT2D eigenvalue weighted by Gasteiger charge is 2.15. The lowest BCUT2D eigenvalue weighted by Gasteiger charge is -2.07. The highest BCUT2D eigenvalue weighted by molar-refractivity contribution is 7.89. The summed E-state index contributed by atoms with van der Waals surface area (Å²) in [5.41, 5.74) is 0.370. The highest BCUT2D eigenvalue weighted by Crippen LogP contribution is 2.13. The lowest BCUT2D eigenvalue weighted by Crippen LogP contribution is -2.25. The molecule has 0 radical (unpaired) electrons. The molecule has 0 aliphatic rings. The summed E-state index contributed by atoms with van der Waals surface area (Å²) in [5, 5.41) is 0. The average molecular weight is 313 g/mol. The predicted octanol–water partition coefficient (Wildman–Crippen LogP) is 1.51. The number of carbonyl (C=O) groups excluding carboxylic acids is 2. The van der Waals surface area contributed by atoms with Crippen LogP contribution in [0.25, 0.3) is 0 Å². The van der Waals surface area contributed by atoms with Crippen molar-refractivity contribution in [3.8, 4) is 0 Å². The van der Waals surface area contributed by atoms with Crippen LogP contribution < -0.4 is 4.72 Å². The molecule has 116 valence electrons. The summed E-state index contributed by atoms with van der Waals surface area (Å²) in [6.45, 7) is 1.85. The molecule has 0 aliphatic carbocycles. The number of carbonyl (C=O) groups is 2. The third-order valence-electron chi connectivity index (χ3n) is 2.86. The number of benzene rings is 1. The first kappa shape index (κ1) is 17.3. The zero-order chi connectivity index (χ0) is 15.9. The van der Waals surface area contributed by atoms with Crippen LogP contribution in [-0.4, -0.2) is 33.8 Å². The van der Waals surface area contributed by atoms with Crippen LogP contribution in [0.2, 0.25) is 0 Å². The first-order chi connectivity index (χ1) is 9.90. The van der Waals surface area contributed by atoms with Crippen molar-refractivity contribution in [2.45, 2.75) is 31.1 Å². The molecule has 0 spiro atoms. The molecule has 21 heavy (non-hydrogen) atoms. The molecule has 0 fully saturated rings. The van der Waals surface area contributed by atoms with Crippen molar-refractivity contribution in [3.63, 3.8) is 0 Å². The van der Waals surface area contributed by atoms with Crippen LogP contribution in [0.3, 0.4) is 0 Å². The van der Waals surface area contributed by atoms with Gasteiger partial charge in [0.25, 0.3) is 0 Å². The molecule has 0 aromatic heterocycles. The fourth-order valence-corrected chi connectivity index (χ4v) is 2.79. The van der Waals surface area contributed by atoms with E-state index in [2.05, 4.69) is 9.46 Å². The molecular formula is C14H19NO5S. The van der Waals surface area contributed by atoms with Crippen molar-refractivity contribution in [3.05, 3.63) is 29.8 Å². The first-order valence-electron chi connectivity index (χ1n) is 6.60. The van der Waals surface area contributed by atoms with Crippen LogP contribution in [0.15, 0.2) is 29.2 Å². The number of rotatable bonds is 8. The first-order valence-corrected chi connectivity index (χ1v) is 8.08. The van der Waals surface area contributed by atoms with E-state index >= 15 is 0 Å². The zero-order valence-electron chi connectivity index (χ0n) is 12.1. The summed E-state index contributed by atoms with van der Waals surface area (Å²) in [4.78, 5) is 22.6. The fourth-order valence-electron chi connectivity index (χ4n) is 1.67. The zero-order valence-corrected chi connectivity index (χ0v) is 12.9. The smallest absolute Gasteiger partial charge is 0.305 e. The topological polar surface area (TPSA) is 89.5 Å². The molecule has 0 heterocycles. The van der Waals surface area contributed by atoms with E-state index in [0.717, 1.165) is 0 Å². The Balaban J connectivity index is 2.70. The molecule has 0 saturated heterocycles. The van der Waals surface area contributed by atoms with Gasteiger partial charge in [-0.15, -0.1) is 0 Å². The molecule has 1 aromatic rings. The Hall–Kier alpha value is -1.73. The third-order valence-corrected chi connectivity index (χ3v) is 4.32. The van der Waals surface area contributed by atoms with Gasteiger partial charge in [0.05, 0.1) is 12.0 Å². The Morgan fingerprint density at radius 2 is 2.00 bits per heavy atom. The monoisotopic (exact) mass is 313 g/mol. The Kier molecular flexibility index (Phi) is 6.51. The summed E-state index contributed by atoms with van der Waals surface area (Å²) in [7, 11) is -2.40. The van der Waals surface area contributed by atoms with Gasteiger partial charge in [-0.25, -0.2) is 13.1 Å². The van der Waals surface area contributed by atoms with Gasteiger partial charge in [0.2, 0.25) is 10.0 Å². The van der Waals surface area contributed by atoms with Crippen LogP contribution in [0, 0.1) is 0 Å². The van der Waals surface area contributed by atoms with Gasteiger partial charge >= 0.3 is 5.97 Å². The molecule has 0 unspecified atom stereocenters. The van der Waals surface area contributed by atoms with E-state index in [1.54, 1.807) is 13.0 Å². The number of sulfonamides is 1. The standard InChI is InChI=1S/C14H19NO5S/c1-3-13(16)11-6-4-7-12(10-11)21(18,19)15-9-5-8-14(17)20-2/h4,6-7,10,15H,3,5,8-9H2,1-2H3. The van der Waals surface area contributed by atoms with Crippen molar-refractivity contribution in [2.24, 2.45) is 0 Å². The maximum Gasteiger partial charge on any atom is 0.305 e. The third kappa shape index (κ3) is 5.28. The maximum atomic E-state index is 12.1. The normalized spacial score (nSPS) is 11.1. The lowest BCUT2D eigenvalue weighted by atomic mass is 10.1. The van der Waals surface area contributed by atoms with E-state index in [4.69, 9.17) is 0 Å². The van der Waals surface area contributed by atoms with E-state index in [1.807, 2.05) is 0 Å². The number of methoxy groups -OCH3 is 1. The molecule has 0 saturated carbocycles. The lowest BCUT2D eigenvalue weighted by molar-refractivity contribution is -0.140. The summed E-state index contributed by atoms with van der Waals surface area (Å²) in [6, 6.07) is 5.90. The van der Waals surface area contributed by atoms with Crippen molar-refractivity contribution >= 4 is 21.8 Å². The molecule has 0 aliphatic heterocycles. The van der Waals surface area contributed by atoms with Crippen molar-refractivity contribution < 1.29 is 22.7 Å². The highest BCUT2D eigenvalue weighted by atomic mass is 32.2. The van der Waals surface area contributed by atoms with Gasteiger partial charge in [-0.3, -0.25) is 9.59 Å². The van der Waals surface area contributed by atoms with E-state index < -0.39 is 10.0 Å². The number of ketones is 1. The minimum atomic E-state index is -3.68. The molecule has 6 nitrogen and oxygen atoms in total. The van der Waals surface area contributed by atoms with E-state index in [9.17, 15) is 18.0 Å². The molecule has 1 rings (SSSR count). The summed E-state index contributed by atoms with van der Waals surface area (Å²) >= 11 is 0. The molecular weight excluding hydrogens is 294 g/mol. The van der Waals surface area contributed by atoms with Gasteiger partial charge in [0.1, 0.15) is 0 Å². The number of hydrogen-bond acceptors (Lipinski definition) is 5. The summed E-state index contributed by atoms with van der Waals surface area (Å²) in [5.74, 6) is -0.498. The molecule has 0 amide bonds. The van der Waals surface area contributed by atoms with Crippen LogP contribution in [0.5, 0.6) is 0 Å². The average Bonchev–Trinajstić information content (AvgIpc) is 2.50. The SMILES string of the molecule is CCC(=O)c1cccc(S(=O)(=O)NCCCC(=O)OC)c1.